The molecule has 4 heteroatoms. The van der Waals surface area contributed by atoms with E-state index in [-0.39, 0.29) is 5.54 Å². The van der Waals surface area contributed by atoms with Crippen LogP contribution in [0.1, 0.15) is 30.5 Å². The van der Waals surface area contributed by atoms with Crippen LogP contribution in [-0.4, -0.2) is 19.8 Å². The first-order chi connectivity index (χ1) is 11.4. The lowest BCUT2D eigenvalue weighted by molar-refractivity contribution is -0.977. The van der Waals surface area contributed by atoms with Gasteiger partial charge in [0.05, 0.1) is 19.8 Å². The largest absolute Gasteiger partial charge is 0.493 e. The zero-order valence-electron chi connectivity index (χ0n) is 14.8. The predicted octanol–water partition coefficient (Wildman–Crippen LogP) is 3.39. The number of hydrogen-bond donors (Lipinski definition) is 1. The van der Waals surface area contributed by atoms with Crippen LogP contribution in [-0.2, 0) is 19.5 Å². The summed E-state index contributed by atoms with van der Waals surface area (Å²) in [5.74, 6) is 1.64. The molecule has 1 heterocycles. The molecule has 24 heavy (non-hydrogen) atoms. The molecule has 0 saturated heterocycles. The van der Waals surface area contributed by atoms with Crippen LogP contribution >= 0.6 is 15.9 Å². The van der Waals surface area contributed by atoms with Crippen molar-refractivity contribution in [3.8, 4) is 11.5 Å². The van der Waals surface area contributed by atoms with Crippen molar-refractivity contribution in [2.75, 3.05) is 14.2 Å². The Morgan fingerprint density at radius 1 is 1.00 bits per heavy atom. The molecule has 128 valence electrons. The van der Waals surface area contributed by atoms with Crippen LogP contribution in [0.4, 0.5) is 0 Å². The van der Waals surface area contributed by atoms with Gasteiger partial charge in [-0.2, -0.15) is 0 Å². The van der Waals surface area contributed by atoms with Gasteiger partial charge in [0.25, 0.3) is 0 Å². The highest BCUT2D eigenvalue weighted by atomic mass is 79.9. The summed E-state index contributed by atoms with van der Waals surface area (Å²) >= 11 is 3.51. The molecular weight excluding hydrogens is 366 g/mol. The molecule has 2 aromatic rings. The van der Waals surface area contributed by atoms with Gasteiger partial charge in [-0.1, -0.05) is 28.1 Å². The highest BCUT2D eigenvalue weighted by Crippen LogP contribution is 2.33. The molecule has 1 atom stereocenters. The monoisotopic (exact) mass is 390 g/mol. The molecule has 0 bridgehead atoms. The van der Waals surface area contributed by atoms with E-state index in [0.29, 0.717) is 0 Å². The number of ether oxygens (including phenoxy) is 2. The maximum absolute atomic E-state index is 5.48. The molecule has 1 aliphatic rings. The molecule has 1 N–H and O–H groups in total. The fourth-order valence-corrected chi connectivity index (χ4v) is 3.78. The van der Waals surface area contributed by atoms with Gasteiger partial charge in [-0.25, -0.2) is 0 Å². The first kappa shape index (κ1) is 17.3. The van der Waals surface area contributed by atoms with Crippen LogP contribution in [0.5, 0.6) is 11.5 Å². The summed E-state index contributed by atoms with van der Waals surface area (Å²) < 4.78 is 12.1. The Labute approximate surface area is 152 Å². The van der Waals surface area contributed by atoms with Gasteiger partial charge in [-0.05, 0) is 43.7 Å². The first-order valence-corrected chi connectivity index (χ1v) is 9.05. The SMILES string of the molecule is COc1cc2c(cc1OC)CC(C)(C)[NH+](Cc1ccc(Br)cc1)C2. The van der Waals surface area contributed by atoms with Gasteiger partial charge in [-0.15, -0.1) is 0 Å². The van der Waals surface area contributed by atoms with Crippen LogP contribution in [0.3, 0.4) is 0 Å². The molecule has 3 rings (SSSR count). The summed E-state index contributed by atoms with van der Waals surface area (Å²) in [5, 5.41) is 0. The third-order valence-electron chi connectivity index (χ3n) is 5.03. The number of nitrogens with one attached hydrogen (secondary N) is 1. The molecule has 0 aliphatic carbocycles. The number of benzene rings is 2. The Kier molecular flexibility index (Phi) is 4.88. The van der Waals surface area contributed by atoms with Crippen molar-refractivity contribution in [1.29, 1.82) is 0 Å². The van der Waals surface area contributed by atoms with Crippen LogP contribution in [0, 0.1) is 0 Å². The summed E-state index contributed by atoms with van der Waals surface area (Å²) in [4.78, 5) is 1.57. The van der Waals surface area contributed by atoms with Crippen LogP contribution in [0.25, 0.3) is 0 Å². The molecular formula is C20H25BrNO2+. The normalized spacial score (nSPS) is 18.8. The molecule has 1 aliphatic heterocycles. The summed E-state index contributed by atoms with van der Waals surface area (Å²) in [6, 6.07) is 12.9. The van der Waals surface area contributed by atoms with Gasteiger partial charge in [0, 0.05) is 22.0 Å². The molecule has 0 spiro atoms. The van der Waals surface area contributed by atoms with Gasteiger partial charge in [-0.3, -0.25) is 0 Å². The van der Waals surface area contributed by atoms with Crippen molar-refractivity contribution in [2.24, 2.45) is 0 Å². The molecule has 0 radical (unpaired) electrons. The summed E-state index contributed by atoms with van der Waals surface area (Å²) in [6.07, 6.45) is 1.04. The fourth-order valence-electron chi connectivity index (χ4n) is 3.51. The Morgan fingerprint density at radius 3 is 2.17 bits per heavy atom. The van der Waals surface area contributed by atoms with Gasteiger partial charge in [0.15, 0.2) is 11.5 Å². The van der Waals surface area contributed by atoms with E-state index in [4.69, 9.17) is 9.47 Å². The minimum Gasteiger partial charge on any atom is -0.493 e. The topological polar surface area (TPSA) is 22.9 Å². The van der Waals surface area contributed by atoms with E-state index in [2.05, 4.69) is 66.2 Å². The van der Waals surface area contributed by atoms with Crippen LogP contribution in [0.15, 0.2) is 40.9 Å². The number of halogens is 1. The highest BCUT2D eigenvalue weighted by Gasteiger charge is 2.37. The first-order valence-electron chi connectivity index (χ1n) is 8.26. The average molecular weight is 391 g/mol. The van der Waals surface area contributed by atoms with Crippen molar-refractivity contribution < 1.29 is 14.4 Å². The van der Waals surface area contributed by atoms with Crippen LogP contribution < -0.4 is 14.4 Å². The maximum Gasteiger partial charge on any atom is 0.161 e. The number of methoxy groups -OCH3 is 2. The Hall–Kier alpha value is -1.52. The quantitative estimate of drug-likeness (QED) is 0.864. The molecule has 0 saturated carbocycles. The number of rotatable bonds is 4. The second-order valence-corrected chi connectivity index (χ2v) is 8.04. The summed E-state index contributed by atoms with van der Waals surface area (Å²) in [5.41, 5.74) is 4.28. The number of hydrogen-bond acceptors (Lipinski definition) is 2. The molecule has 0 fully saturated rings. The van der Waals surface area contributed by atoms with Crippen LogP contribution in [0.2, 0.25) is 0 Å². The molecule has 0 amide bonds. The third-order valence-corrected chi connectivity index (χ3v) is 5.56. The lowest BCUT2D eigenvalue weighted by atomic mass is 9.85. The lowest BCUT2D eigenvalue weighted by Gasteiger charge is -2.40. The van der Waals surface area contributed by atoms with Gasteiger partial charge in [0.1, 0.15) is 13.1 Å². The third kappa shape index (κ3) is 3.45. The van der Waals surface area contributed by atoms with E-state index in [9.17, 15) is 0 Å². The standard InChI is InChI=1S/C20H24BrNO2/c1-20(2)11-15-9-18(23-3)19(24-4)10-16(15)13-22(20)12-14-5-7-17(21)8-6-14/h5-10H,11-13H2,1-4H3/p+1. The summed E-state index contributed by atoms with van der Waals surface area (Å²) in [6.45, 7) is 6.72. The van der Waals surface area contributed by atoms with Crippen molar-refractivity contribution in [1.82, 2.24) is 0 Å². The number of fused-ring (bicyclic) bond motifs is 1. The Bertz CT molecular complexity index is 725. The Balaban J connectivity index is 1.89. The zero-order chi connectivity index (χ0) is 17.3. The van der Waals surface area contributed by atoms with Crippen molar-refractivity contribution in [3.05, 3.63) is 57.6 Å². The summed E-state index contributed by atoms with van der Waals surface area (Å²) in [7, 11) is 3.40. The minimum atomic E-state index is 0.180. The smallest absolute Gasteiger partial charge is 0.161 e. The second-order valence-electron chi connectivity index (χ2n) is 7.12. The van der Waals surface area contributed by atoms with Gasteiger partial charge < -0.3 is 14.4 Å². The zero-order valence-corrected chi connectivity index (χ0v) is 16.4. The fraction of sp³-hybridized carbons (Fsp3) is 0.400. The lowest BCUT2D eigenvalue weighted by Crippen LogP contribution is -3.18. The van der Waals surface area contributed by atoms with Crippen molar-refractivity contribution >= 4 is 15.9 Å². The molecule has 2 aromatic carbocycles. The number of quaternary nitrogens is 1. The van der Waals surface area contributed by atoms with E-state index in [1.807, 2.05) is 0 Å². The van der Waals surface area contributed by atoms with Gasteiger partial charge in [0.2, 0.25) is 0 Å². The van der Waals surface area contributed by atoms with E-state index in [1.54, 1.807) is 19.1 Å². The maximum atomic E-state index is 5.48. The predicted molar refractivity (Wildman–Crippen MR) is 99.8 cm³/mol. The van der Waals surface area contributed by atoms with Crippen molar-refractivity contribution in [3.63, 3.8) is 0 Å². The average Bonchev–Trinajstić information content (AvgIpc) is 2.56. The van der Waals surface area contributed by atoms with E-state index < -0.39 is 0 Å². The van der Waals surface area contributed by atoms with Gasteiger partial charge >= 0.3 is 0 Å². The highest BCUT2D eigenvalue weighted by molar-refractivity contribution is 9.10. The van der Waals surface area contributed by atoms with E-state index in [1.165, 1.54) is 16.7 Å². The van der Waals surface area contributed by atoms with Crippen molar-refractivity contribution in [2.45, 2.75) is 38.9 Å². The van der Waals surface area contributed by atoms with E-state index in [0.717, 1.165) is 35.5 Å². The molecule has 1 unspecified atom stereocenters. The molecule has 3 nitrogen and oxygen atoms in total. The van der Waals surface area contributed by atoms with E-state index >= 15 is 0 Å². The molecule has 0 aromatic heterocycles. The minimum absolute atomic E-state index is 0.180. The second kappa shape index (κ2) is 6.77. The Morgan fingerprint density at radius 2 is 1.58 bits per heavy atom.